The summed E-state index contributed by atoms with van der Waals surface area (Å²) in [5.41, 5.74) is 1.01. The minimum Gasteiger partial charge on any atom is -0.489 e. The van der Waals surface area contributed by atoms with Crippen molar-refractivity contribution in [3.63, 3.8) is 0 Å². The van der Waals surface area contributed by atoms with E-state index in [0.29, 0.717) is 0 Å². The van der Waals surface area contributed by atoms with Crippen molar-refractivity contribution in [2.75, 3.05) is 7.05 Å². The van der Waals surface area contributed by atoms with Crippen LogP contribution in [0.1, 0.15) is 12.5 Å². The molecular formula is C13H15NO2. The third kappa shape index (κ3) is 1.94. The van der Waals surface area contributed by atoms with Gasteiger partial charge in [0.15, 0.2) is 0 Å². The standard InChI is InChI=1S/C13H15NO2/c1-9-11(13(15)14-2)8-12(16-9)10-6-4-3-5-7-10/h3-9,11H,1-2H3,(H,14,15). The Labute approximate surface area is 95.1 Å². The van der Waals surface area contributed by atoms with Crippen molar-refractivity contribution in [1.82, 2.24) is 5.32 Å². The molecule has 0 saturated heterocycles. The monoisotopic (exact) mass is 217 g/mol. The number of benzene rings is 1. The molecule has 0 aromatic heterocycles. The summed E-state index contributed by atoms with van der Waals surface area (Å²) < 4.78 is 5.68. The molecule has 1 aromatic carbocycles. The predicted octanol–water partition coefficient (Wildman–Crippen LogP) is 1.81. The maximum absolute atomic E-state index is 11.6. The first kappa shape index (κ1) is 10.7. The van der Waals surface area contributed by atoms with E-state index < -0.39 is 0 Å². The van der Waals surface area contributed by atoms with Crippen LogP contribution in [0.25, 0.3) is 5.76 Å². The molecule has 2 unspecified atom stereocenters. The highest BCUT2D eigenvalue weighted by molar-refractivity contribution is 5.84. The second-order valence-corrected chi connectivity index (χ2v) is 3.86. The molecule has 1 N–H and O–H groups in total. The Morgan fingerprint density at radius 2 is 2.00 bits per heavy atom. The lowest BCUT2D eigenvalue weighted by Crippen LogP contribution is -2.31. The van der Waals surface area contributed by atoms with Crippen LogP contribution in [0, 0.1) is 5.92 Å². The summed E-state index contributed by atoms with van der Waals surface area (Å²) in [5, 5.41) is 2.65. The molecule has 0 saturated carbocycles. The third-order valence-electron chi connectivity index (χ3n) is 2.76. The quantitative estimate of drug-likeness (QED) is 0.820. The Bertz CT molecular complexity index is 411. The molecule has 1 amide bonds. The molecule has 1 heterocycles. The molecule has 0 fully saturated rings. The van der Waals surface area contributed by atoms with Crippen molar-refractivity contribution >= 4 is 11.7 Å². The van der Waals surface area contributed by atoms with Gasteiger partial charge >= 0.3 is 0 Å². The molecule has 1 aliphatic heterocycles. The second-order valence-electron chi connectivity index (χ2n) is 3.86. The minimum atomic E-state index is -0.194. The normalized spacial score (nSPS) is 23.5. The van der Waals surface area contributed by atoms with Crippen molar-refractivity contribution in [3.8, 4) is 0 Å². The van der Waals surface area contributed by atoms with Crippen LogP contribution in [0.2, 0.25) is 0 Å². The molecule has 84 valence electrons. The molecule has 1 aliphatic rings. The zero-order valence-electron chi connectivity index (χ0n) is 9.44. The molecule has 0 aliphatic carbocycles. The number of rotatable bonds is 2. The average Bonchev–Trinajstić information content (AvgIpc) is 2.71. The number of ether oxygens (including phenoxy) is 1. The lowest BCUT2D eigenvalue weighted by molar-refractivity contribution is -0.124. The average molecular weight is 217 g/mol. The van der Waals surface area contributed by atoms with Gasteiger partial charge in [0.1, 0.15) is 11.9 Å². The van der Waals surface area contributed by atoms with Gasteiger partial charge in [0.2, 0.25) is 5.91 Å². The first-order chi connectivity index (χ1) is 7.72. The van der Waals surface area contributed by atoms with Crippen LogP contribution in [-0.2, 0) is 9.53 Å². The van der Waals surface area contributed by atoms with Crippen LogP contribution < -0.4 is 5.32 Å². The summed E-state index contributed by atoms with van der Waals surface area (Å²) in [6.45, 7) is 1.91. The van der Waals surface area contributed by atoms with E-state index in [2.05, 4.69) is 5.32 Å². The molecule has 3 nitrogen and oxygen atoms in total. The second kappa shape index (κ2) is 4.39. The lowest BCUT2D eigenvalue weighted by atomic mass is 10.0. The first-order valence-electron chi connectivity index (χ1n) is 5.38. The fourth-order valence-corrected chi connectivity index (χ4v) is 1.83. The van der Waals surface area contributed by atoms with Gasteiger partial charge in [-0.1, -0.05) is 30.3 Å². The summed E-state index contributed by atoms with van der Waals surface area (Å²) in [5.74, 6) is 0.598. The van der Waals surface area contributed by atoms with Gasteiger partial charge in [-0.15, -0.1) is 0 Å². The van der Waals surface area contributed by atoms with Gasteiger partial charge in [-0.3, -0.25) is 4.79 Å². The van der Waals surface area contributed by atoms with Gasteiger partial charge in [0, 0.05) is 12.6 Å². The highest BCUT2D eigenvalue weighted by Crippen LogP contribution is 2.30. The van der Waals surface area contributed by atoms with E-state index in [1.54, 1.807) is 7.05 Å². The minimum absolute atomic E-state index is 0.00145. The van der Waals surface area contributed by atoms with Gasteiger partial charge in [-0.2, -0.15) is 0 Å². The highest BCUT2D eigenvalue weighted by atomic mass is 16.5. The number of hydrogen-bond acceptors (Lipinski definition) is 2. The molecule has 2 rings (SSSR count). The van der Waals surface area contributed by atoms with Crippen molar-refractivity contribution in [2.45, 2.75) is 13.0 Å². The molecule has 3 heteroatoms. The number of nitrogens with one attached hydrogen (secondary N) is 1. The number of carbonyl (C=O) groups is 1. The Hall–Kier alpha value is -1.77. The zero-order valence-corrected chi connectivity index (χ0v) is 9.44. The highest BCUT2D eigenvalue weighted by Gasteiger charge is 2.31. The van der Waals surface area contributed by atoms with Gasteiger partial charge in [-0.05, 0) is 13.0 Å². The third-order valence-corrected chi connectivity index (χ3v) is 2.76. The van der Waals surface area contributed by atoms with Crippen molar-refractivity contribution < 1.29 is 9.53 Å². The van der Waals surface area contributed by atoms with Crippen molar-refractivity contribution in [2.24, 2.45) is 5.92 Å². The summed E-state index contributed by atoms with van der Waals surface area (Å²) in [7, 11) is 1.64. The summed E-state index contributed by atoms with van der Waals surface area (Å²) in [4.78, 5) is 11.6. The zero-order chi connectivity index (χ0) is 11.5. The van der Waals surface area contributed by atoms with E-state index in [9.17, 15) is 4.79 Å². The van der Waals surface area contributed by atoms with Gasteiger partial charge < -0.3 is 10.1 Å². The lowest BCUT2D eigenvalue weighted by Gasteiger charge is -2.13. The fraction of sp³-hybridized carbons (Fsp3) is 0.308. The molecule has 2 atom stereocenters. The van der Waals surface area contributed by atoms with Crippen LogP contribution in [0.4, 0.5) is 0 Å². The van der Waals surface area contributed by atoms with Crippen molar-refractivity contribution in [1.29, 1.82) is 0 Å². The molecule has 16 heavy (non-hydrogen) atoms. The summed E-state index contributed by atoms with van der Waals surface area (Å²) in [6.07, 6.45) is 1.79. The van der Waals surface area contributed by atoms with E-state index >= 15 is 0 Å². The van der Waals surface area contributed by atoms with Gasteiger partial charge in [0.05, 0.1) is 5.92 Å². The van der Waals surface area contributed by atoms with Gasteiger partial charge in [0.25, 0.3) is 0 Å². The van der Waals surface area contributed by atoms with E-state index in [1.807, 2.05) is 43.3 Å². The van der Waals surface area contributed by atoms with E-state index in [-0.39, 0.29) is 17.9 Å². The Kier molecular flexibility index (Phi) is 2.95. The van der Waals surface area contributed by atoms with Crippen LogP contribution in [0.15, 0.2) is 36.4 Å². The topological polar surface area (TPSA) is 38.3 Å². The Morgan fingerprint density at radius 3 is 2.62 bits per heavy atom. The largest absolute Gasteiger partial charge is 0.489 e. The maximum Gasteiger partial charge on any atom is 0.230 e. The molecule has 1 aromatic rings. The summed E-state index contributed by atoms with van der Waals surface area (Å²) >= 11 is 0. The van der Waals surface area contributed by atoms with Crippen LogP contribution in [-0.4, -0.2) is 19.1 Å². The van der Waals surface area contributed by atoms with Crippen LogP contribution >= 0.6 is 0 Å². The molecule has 0 bridgehead atoms. The number of hydrogen-bond donors (Lipinski definition) is 1. The summed E-state index contributed by atoms with van der Waals surface area (Å²) in [6, 6.07) is 9.82. The number of amides is 1. The molecular weight excluding hydrogens is 202 g/mol. The predicted molar refractivity (Wildman–Crippen MR) is 62.5 cm³/mol. The SMILES string of the molecule is CNC(=O)C1C=C(c2ccccc2)OC1C. The van der Waals surface area contributed by atoms with Crippen LogP contribution in [0.3, 0.4) is 0 Å². The van der Waals surface area contributed by atoms with E-state index in [0.717, 1.165) is 11.3 Å². The maximum atomic E-state index is 11.6. The Balaban J connectivity index is 2.23. The van der Waals surface area contributed by atoms with Crippen molar-refractivity contribution in [3.05, 3.63) is 42.0 Å². The van der Waals surface area contributed by atoms with Gasteiger partial charge in [-0.25, -0.2) is 0 Å². The van der Waals surface area contributed by atoms with Crippen LogP contribution in [0.5, 0.6) is 0 Å². The van der Waals surface area contributed by atoms with E-state index in [1.165, 1.54) is 0 Å². The Morgan fingerprint density at radius 1 is 1.31 bits per heavy atom. The first-order valence-corrected chi connectivity index (χ1v) is 5.38. The number of carbonyl (C=O) groups excluding carboxylic acids is 1. The smallest absolute Gasteiger partial charge is 0.230 e. The van der Waals surface area contributed by atoms with E-state index in [4.69, 9.17) is 4.74 Å². The molecule has 0 spiro atoms. The molecule has 0 radical (unpaired) electrons. The fourth-order valence-electron chi connectivity index (χ4n) is 1.83.